The first-order valence-corrected chi connectivity index (χ1v) is 9.63. The van der Waals surface area contributed by atoms with Gasteiger partial charge in [0.25, 0.3) is 0 Å². The summed E-state index contributed by atoms with van der Waals surface area (Å²) in [6, 6.07) is 19.2. The number of ketones is 1. The highest BCUT2D eigenvalue weighted by atomic mass is 16.5. The van der Waals surface area contributed by atoms with Crippen LogP contribution in [0.1, 0.15) is 38.8 Å². The predicted molar refractivity (Wildman–Crippen MR) is 113 cm³/mol. The van der Waals surface area contributed by atoms with Gasteiger partial charge in [-0.15, -0.1) is 0 Å². The largest absolute Gasteiger partial charge is 0.494 e. The molecule has 1 aliphatic rings. The molecule has 0 amide bonds. The molecule has 0 aliphatic carbocycles. The Morgan fingerprint density at radius 3 is 2.37 bits per heavy atom. The van der Waals surface area contributed by atoms with E-state index in [-0.39, 0.29) is 11.5 Å². The number of hydrogen-bond acceptors (Lipinski definition) is 5. The van der Waals surface area contributed by atoms with E-state index in [4.69, 9.17) is 14.2 Å². The highest BCUT2D eigenvalue weighted by molar-refractivity contribution is 6.14. The first-order valence-electron chi connectivity index (χ1n) is 9.63. The molecule has 0 N–H and O–H groups in total. The molecule has 3 aromatic rings. The maximum atomic E-state index is 12.6. The van der Waals surface area contributed by atoms with Gasteiger partial charge in [-0.25, -0.2) is 4.79 Å². The van der Waals surface area contributed by atoms with Gasteiger partial charge in [-0.2, -0.15) is 0 Å². The Kier molecular flexibility index (Phi) is 5.35. The van der Waals surface area contributed by atoms with Crippen molar-refractivity contribution in [2.75, 3.05) is 6.61 Å². The van der Waals surface area contributed by atoms with E-state index in [1.54, 1.807) is 36.4 Å². The molecule has 0 fully saturated rings. The van der Waals surface area contributed by atoms with Crippen molar-refractivity contribution in [3.8, 4) is 17.2 Å². The molecule has 1 aliphatic heterocycles. The molecular weight excluding hydrogens is 380 g/mol. The summed E-state index contributed by atoms with van der Waals surface area (Å²) >= 11 is 0. The summed E-state index contributed by atoms with van der Waals surface area (Å²) in [5, 5.41) is 0. The third kappa shape index (κ3) is 4.10. The summed E-state index contributed by atoms with van der Waals surface area (Å²) in [5.74, 6) is 0.985. The minimum absolute atomic E-state index is 0.213. The number of aryl methyl sites for hydroxylation is 1. The number of esters is 1. The number of benzene rings is 3. The first kappa shape index (κ1) is 19.5. The number of fused-ring (bicyclic) bond motifs is 1. The fraction of sp³-hybridized carbons (Fsp3) is 0.120. The van der Waals surface area contributed by atoms with E-state index < -0.39 is 5.97 Å². The predicted octanol–water partition coefficient (Wildman–Crippen LogP) is 5.23. The van der Waals surface area contributed by atoms with E-state index in [1.807, 2.05) is 50.2 Å². The molecule has 0 unspecified atom stereocenters. The number of hydrogen-bond donors (Lipinski definition) is 0. The number of Topliss-reactive ketones (excluding diaryl/α,β-unsaturated/α-hetero) is 1. The molecule has 5 heteroatoms. The highest BCUT2D eigenvalue weighted by Crippen LogP contribution is 2.35. The maximum Gasteiger partial charge on any atom is 0.343 e. The van der Waals surface area contributed by atoms with Gasteiger partial charge in [0.1, 0.15) is 17.2 Å². The smallest absolute Gasteiger partial charge is 0.343 e. The third-order valence-corrected chi connectivity index (χ3v) is 4.63. The summed E-state index contributed by atoms with van der Waals surface area (Å²) in [4.78, 5) is 24.9. The Hall–Kier alpha value is -3.86. The molecular formula is C25H20O5. The van der Waals surface area contributed by atoms with Crippen LogP contribution in [0, 0.1) is 6.92 Å². The molecule has 0 spiro atoms. The third-order valence-electron chi connectivity index (χ3n) is 4.63. The number of carbonyl (C=O) groups is 2. The van der Waals surface area contributed by atoms with Crippen LogP contribution < -0.4 is 14.2 Å². The second-order valence-corrected chi connectivity index (χ2v) is 6.86. The Morgan fingerprint density at radius 1 is 0.967 bits per heavy atom. The van der Waals surface area contributed by atoms with Crippen molar-refractivity contribution in [1.29, 1.82) is 0 Å². The zero-order valence-electron chi connectivity index (χ0n) is 16.7. The maximum absolute atomic E-state index is 12.6. The Bertz CT molecular complexity index is 1130. The molecule has 30 heavy (non-hydrogen) atoms. The van der Waals surface area contributed by atoms with Gasteiger partial charge in [0.05, 0.1) is 17.7 Å². The normalized spacial score (nSPS) is 13.7. The lowest BCUT2D eigenvalue weighted by Gasteiger charge is -2.06. The first-order chi connectivity index (χ1) is 14.5. The molecule has 150 valence electrons. The van der Waals surface area contributed by atoms with Crippen LogP contribution in [0.3, 0.4) is 0 Å². The average molecular weight is 400 g/mol. The van der Waals surface area contributed by atoms with Crippen molar-refractivity contribution in [3.05, 3.63) is 94.7 Å². The fourth-order valence-corrected chi connectivity index (χ4v) is 3.06. The average Bonchev–Trinajstić information content (AvgIpc) is 3.05. The van der Waals surface area contributed by atoms with Crippen LogP contribution in [0.25, 0.3) is 6.08 Å². The molecule has 0 saturated carbocycles. The van der Waals surface area contributed by atoms with E-state index in [1.165, 1.54) is 0 Å². The van der Waals surface area contributed by atoms with Gasteiger partial charge >= 0.3 is 5.97 Å². The van der Waals surface area contributed by atoms with Crippen molar-refractivity contribution >= 4 is 17.8 Å². The van der Waals surface area contributed by atoms with E-state index in [2.05, 4.69) is 0 Å². The molecule has 3 aromatic carbocycles. The van der Waals surface area contributed by atoms with Gasteiger partial charge in [0.2, 0.25) is 5.78 Å². The summed E-state index contributed by atoms with van der Waals surface area (Å²) in [6.45, 7) is 4.46. The lowest BCUT2D eigenvalue weighted by atomic mass is 10.1. The molecule has 0 saturated heterocycles. The molecule has 0 atom stereocenters. The van der Waals surface area contributed by atoms with E-state index in [0.717, 1.165) is 16.9 Å². The summed E-state index contributed by atoms with van der Waals surface area (Å²) in [5.41, 5.74) is 2.76. The zero-order chi connectivity index (χ0) is 21.1. The lowest BCUT2D eigenvalue weighted by molar-refractivity contribution is 0.0734. The molecule has 0 radical (unpaired) electrons. The standard InChI is InChI=1S/C25H20O5/c1-3-28-19-10-6-17(7-11-19)14-23-24(26)21-13-12-20(15-22(21)30-23)29-25(27)18-8-4-16(2)5-9-18/h4-15H,3H2,1-2H3/b23-14-. The quantitative estimate of drug-likeness (QED) is 0.333. The van der Waals surface area contributed by atoms with Crippen LogP contribution in [-0.2, 0) is 0 Å². The van der Waals surface area contributed by atoms with Crippen LogP contribution >= 0.6 is 0 Å². The number of carbonyl (C=O) groups excluding carboxylic acids is 2. The van der Waals surface area contributed by atoms with Gasteiger partial charge < -0.3 is 14.2 Å². The molecule has 1 heterocycles. The Morgan fingerprint density at radius 2 is 1.67 bits per heavy atom. The van der Waals surface area contributed by atoms with Crippen LogP contribution in [0.15, 0.2) is 72.5 Å². The molecule has 4 rings (SSSR count). The lowest BCUT2D eigenvalue weighted by Crippen LogP contribution is -2.08. The minimum atomic E-state index is -0.468. The minimum Gasteiger partial charge on any atom is -0.494 e. The van der Waals surface area contributed by atoms with Gasteiger partial charge in [0, 0.05) is 6.07 Å². The molecule has 5 nitrogen and oxygen atoms in total. The fourth-order valence-electron chi connectivity index (χ4n) is 3.06. The van der Waals surface area contributed by atoms with E-state index in [9.17, 15) is 9.59 Å². The second kappa shape index (κ2) is 8.25. The van der Waals surface area contributed by atoms with Gasteiger partial charge in [0.15, 0.2) is 5.76 Å². The monoisotopic (exact) mass is 400 g/mol. The number of allylic oxidation sites excluding steroid dienone is 1. The van der Waals surface area contributed by atoms with Crippen LogP contribution in [0.4, 0.5) is 0 Å². The Balaban J connectivity index is 1.50. The van der Waals surface area contributed by atoms with Crippen LogP contribution in [-0.4, -0.2) is 18.4 Å². The highest BCUT2D eigenvalue weighted by Gasteiger charge is 2.28. The number of ether oxygens (including phenoxy) is 3. The molecule has 0 aromatic heterocycles. The van der Waals surface area contributed by atoms with Crippen molar-refractivity contribution in [2.45, 2.75) is 13.8 Å². The zero-order valence-corrected chi connectivity index (χ0v) is 16.7. The van der Waals surface area contributed by atoms with E-state index in [0.29, 0.717) is 29.2 Å². The van der Waals surface area contributed by atoms with Crippen LogP contribution in [0.2, 0.25) is 0 Å². The van der Waals surface area contributed by atoms with Gasteiger partial charge in [-0.05, 0) is 61.9 Å². The summed E-state index contributed by atoms with van der Waals surface area (Å²) in [6.07, 6.45) is 1.68. The van der Waals surface area contributed by atoms with Crippen molar-refractivity contribution < 1.29 is 23.8 Å². The second-order valence-electron chi connectivity index (χ2n) is 6.86. The van der Waals surface area contributed by atoms with Crippen LogP contribution in [0.5, 0.6) is 17.2 Å². The Labute approximate surface area is 174 Å². The molecule has 0 bridgehead atoms. The van der Waals surface area contributed by atoms with Crippen molar-refractivity contribution in [2.24, 2.45) is 0 Å². The van der Waals surface area contributed by atoms with Crippen molar-refractivity contribution in [3.63, 3.8) is 0 Å². The SMILES string of the molecule is CCOc1ccc(/C=C2\Oc3cc(OC(=O)c4ccc(C)cc4)ccc3C2=O)cc1. The van der Waals surface area contributed by atoms with Gasteiger partial charge in [-0.3, -0.25) is 4.79 Å². The van der Waals surface area contributed by atoms with Gasteiger partial charge in [-0.1, -0.05) is 29.8 Å². The number of rotatable bonds is 5. The van der Waals surface area contributed by atoms with Crippen molar-refractivity contribution in [1.82, 2.24) is 0 Å². The summed E-state index contributed by atoms with van der Waals surface area (Å²) in [7, 11) is 0. The summed E-state index contributed by atoms with van der Waals surface area (Å²) < 4.78 is 16.6. The van der Waals surface area contributed by atoms with E-state index >= 15 is 0 Å². The topological polar surface area (TPSA) is 61.8 Å².